The minimum atomic E-state index is -0.992. The van der Waals surface area contributed by atoms with Gasteiger partial charge in [-0.1, -0.05) is 31.8 Å². The van der Waals surface area contributed by atoms with E-state index in [1.54, 1.807) is 0 Å². The van der Waals surface area contributed by atoms with E-state index in [2.05, 4.69) is 11.8 Å². The molecule has 0 bridgehead atoms. The maximum atomic E-state index is 11.3. The average molecular weight is 257 g/mol. The van der Waals surface area contributed by atoms with E-state index in [0.29, 0.717) is 5.06 Å². The van der Waals surface area contributed by atoms with Gasteiger partial charge in [-0.2, -0.15) is 0 Å². The van der Waals surface area contributed by atoms with Gasteiger partial charge >= 0.3 is 6.16 Å². The van der Waals surface area contributed by atoms with Crippen LogP contribution in [0.4, 0.5) is 4.79 Å². The second-order valence-corrected chi connectivity index (χ2v) is 4.30. The van der Waals surface area contributed by atoms with Gasteiger partial charge in [0.25, 0.3) is 11.8 Å². The Bertz CT molecular complexity index is 312. The van der Waals surface area contributed by atoms with Crippen LogP contribution in [0.15, 0.2) is 0 Å². The first-order valence-electron chi connectivity index (χ1n) is 6.29. The van der Waals surface area contributed by atoms with Crippen LogP contribution in [-0.2, 0) is 19.2 Å². The Morgan fingerprint density at radius 3 is 2.39 bits per heavy atom. The van der Waals surface area contributed by atoms with Crippen molar-refractivity contribution in [1.82, 2.24) is 5.06 Å². The zero-order valence-corrected chi connectivity index (χ0v) is 10.8. The first kappa shape index (κ1) is 14.5. The van der Waals surface area contributed by atoms with E-state index >= 15 is 0 Å². The van der Waals surface area contributed by atoms with Gasteiger partial charge in [-0.15, -0.1) is 0 Å². The third-order valence-electron chi connectivity index (χ3n) is 2.88. The summed E-state index contributed by atoms with van der Waals surface area (Å²) < 4.78 is 4.90. The predicted octanol–water partition coefficient (Wildman–Crippen LogP) is 2.03. The van der Waals surface area contributed by atoms with Crippen LogP contribution in [0.5, 0.6) is 0 Å². The van der Waals surface area contributed by atoms with Gasteiger partial charge in [0.05, 0.1) is 6.61 Å². The summed E-state index contributed by atoms with van der Waals surface area (Å²) in [6.45, 7) is 4.32. The Balaban J connectivity index is 2.33. The molecule has 0 aromatic rings. The van der Waals surface area contributed by atoms with Crippen LogP contribution in [0.3, 0.4) is 0 Å². The van der Waals surface area contributed by atoms with Crippen molar-refractivity contribution in [2.24, 2.45) is 5.92 Å². The van der Waals surface area contributed by atoms with Gasteiger partial charge < -0.3 is 4.74 Å². The van der Waals surface area contributed by atoms with Crippen molar-refractivity contribution in [2.45, 2.75) is 46.0 Å². The molecule has 0 saturated carbocycles. The van der Waals surface area contributed by atoms with E-state index in [1.807, 2.05) is 6.92 Å². The standard InChI is InChI=1S/C12H19NO5/c1-3-5-9(4-2)8-17-12(16)18-13-10(14)6-7-11(13)15/h9H,3-8H2,1-2H3. The minimum absolute atomic E-state index is 0.0829. The molecular formula is C12H19NO5. The van der Waals surface area contributed by atoms with E-state index in [1.165, 1.54) is 0 Å². The highest BCUT2D eigenvalue weighted by molar-refractivity contribution is 6.01. The van der Waals surface area contributed by atoms with Crippen LogP contribution in [0.25, 0.3) is 0 Å². The lowest BCUT2D eigenvalue weighted by Crippen LogP contribution is -2.32. The third kappa shape index (κ3) is 4.01. The Labute approximate surface area is 106 Å². The second kappa shape index (κ2) is 6.98. The number of carbonyl (C=O) groups is 3. The van der Waals surface area contributed by atoms with Crippen LogP contribution in [-0.4, -0.2) is 29.6 Å². The smallest absolute Gasteiger partial charge is 0.432 e. The van der Waals surface area contributed by atoms with Gasteiger partial charge in [0.1, 0.15) is 0 Å². The Morgan fingerprint density at radius 2 is 1.89 bits per heavy atom. The predicted molar refractivity (Wildman–Crippen MR) is 62.2 cm³/mol. The van der Waals surface area contributed by atoms with E-state index in [0.717, 1.165) is 19.3 Å². The molecule has 1 saturated heterocycles. The van der Waals surface area contributed by atoms with Crippen LogP contribution in [0.2, 0.25) is 0 Å². The first-order valence-corrected chi connectivity index (χ1v) is 6.29. The molecule has 1 aliphatic heterocycles. The molecule has 18 heavy (non-hydrogen) atoms. The van der Waals surface area contributed by atoms with Gasteiger partial charge in [0.2, 0.25) is 0 Å². The number of carbonyl (C=O) groups excluding carboxylic acids is 3. The van der Waals surface area contributed by atoms with Gasteiger partial charge in [-0.3, -0.25) is 14.4 Å². The zero-order valence-electron chi connectivity index (χ0n) is 10.8. The lowest BCUT2D eigenvalue weighted by atomic mass is 10.0. The maximum Gasteiger partial charge on any atom is 0.533 e. The normalized spacial score (nSPS) is 16.9. The molecule has 1 aliphatic rings. The fourth-order valence-corrected chi connectivity index (χ4v) is 1.76. The van der Waals surface area contributed by atoms with E-state index < -0.39 is 18.0 Å². The Hall–Kier alpha value is -1.59. The number of ether oxygens (including phenoxy) is 1. The van der Waals surface area contributed by atoms with Gasteiger partial charge in [-0.05, 0) is 12.3 Å². The van der Waals surface area contributed by atoms with Crippen molar-refractivity contribution in [2.75, 3.05) is 6.61 Å². The van der Waals surface area contributed by atoms with Crippen LogP contribution >= 0.6 is 0 Å². The monoisotopic (exact) mass is 257 g/mol. The first-order chi connectivity index (χ1) is 8.58. The topological polar surface area (TPSA) is 72.9 Å². The average Bonchev–Trinajstić information content (AvgIpc) is 2.66. The quantitative estimate of drug-likeness (QED) is 0.537. The summed E-state index contributed by atoms with van der Waals surface area (Å²) in [6.07, 6.45) is 2.06. The van der Waals surface area contributed by atoms with E-state index in [4.69, 9.17) is 4.74 Å². The minimum Gasteiger partial charge on any atom is -0.432 e. The molecule has 1 heterocycles. The molecular weight excluding hydrogens is 238 g/mol. The van der Waals surface area contributed by atoms with E-state index in [9.17, 15) is 14.4 Å². The van der Waals surface area contributed by atoms with Crippen molar-refractivity contribution in [1.29, 1.82) is 0 Å². The fourth-order valence-electron chi connectivity index (χ4n) is 1.76. The molecule has 0 aliphatic carbocycles. The maximum absolute atomic E-state index is 11.3. The molecule has 1 fully saturated rings. The number of hydrogen-bond acceptors (Lipinski definition) is 5. The highest BCUT2D eigenvalue weighted by Crippen LogP contribution is 2.14. The summed E-state index contributed by atoms with van der Waals surface area (Å²) >= 11 is 0. The lowest BCUT2D eigenvalue weighted by molar-refractivity contribution is -0.177. The summed E-state index contributed by atoms with van der Waals surface area (Å²) in [5.74, 6) is -0.720. The lowest BCUT2D eigenvalue weighted by Gasteiger charge is -2.16. The number of amides is 2. The molecule has 2 amide bonds. The highest BCUT2D eigenvalue weighted by atomic mass is 16.8. The number of imide groups is 1. The van der Waals surface area contributed by atoms with E-state index in [-0.39, 0.29) is 25.4 Å². The number of hydrogen-bond donors (Lipinski definition) is 0. The van der Waals surface area contributed by atoms with Crippen molar-refractivity contribution >= 4 is 18.0 Å². The molecule has 1 unspecified atom stereocenters. The van der Waals surface area contributed by atoms with Gasteiger partial charge in [0, 0.05) is 12.8 Å². The number of nitrogens with zero attached hydrogens (tertiary/aromatic N) is 1. The molecule has 1 atom stereocenters. The summed E-state index contributed by atoms with van der Waals surface area (Å²) in [7, 11) is 0. The number of hydroxylamine groups is 2. The molecule has 0 aromatic carbocycles. The summed E-state index contributed by atoms with van der Waals surface area (Å²) in [5, 5.41) is 0.489. The Morgan fingerprint density at radius 1 is 1.28 bits per heavy atom. The molecule has 0 N–H and O–H groups in total. The number of rotatable bonds is 6. The van der Waals surface area contributed by atoms with Gasteiger partial charge in [0.15, 0.2) is 0 Å². The summed E-state index contributed by atoms with van der Waals surface area (Å²) in [5.41, 5.74) is 0. The summed E-state index contributed by atoms with van der Waals surface area (Å²) in [4.78, 5) is 38.3. The van der Waals surface area contributed by atoms with Crippen molar-refractivity contribution in [3.8, 4) is 0 Å². The van der Waals surface area contributed by atoms with Crippen molar-refractivity contribution in [3.63, 3.8) is 0 Å². The molecule has 0 spiro atoms. The molecule has 0 radical (unpaired) electrons. The SMILES string of the molecule is CCCC(CC)COC(=O)ON1C(=O)CCC1=O. The molecule has 102 valence electrons. The van der Waals surface area contributed by atoms with Crippen molar-refractivity contribution in [3.05, 3.63) is 0 Å². The zero-order chi connectivity index (χ0) is 13.5. The van der Waals surface area contributed by atoms with Crippen LogP contribution in [0.1, 0.15) is 46.0 Å². The Kier molecular flexibility index (Phi) is 5.61. The molecule has 6 heteroatoms. The highest BCUT2D eigenvalue weighted by Gasteiger charge is 2.33. The molecule has 0 aromatic heterocycles. The molecule has 1 rings (SSSR count). The van der Waals surface area contributed by atoms with Crippen molar-refractivity contribution < 1.29 is 24.0 Å². The van der Waals surface area contributed by atoms with Crippen LogP contribution in [0, 0.1) is 5.92 Å². The second-order valence-electron chi connectivity index (χ2n) is 4.30. The third-order valence-corrected chi connectivity index (χ3v) is 2.88. The molecule has 6 nitrogen and oxygen atoms in total. The van der Waals surface area contributed by atoms with Gasteiger partial charge in [-0.25, -0.2) is 4.79 Å². The van der Waals surface area contributed by atoms with Crippen LogP contribution < -0.4 is 0 Å². The fraction of sp³-hybridized carbons (Fsp3) is 0.750. The largest absolute Gasteiger partial charge is 0.533 e. The summed E-state index contributed by atoms with van der Waals surface area (Å²) in [6, 6.07) is 0.